The van der Waals surface area contributed by atoms with Crippen LogP contribution in [-0.2, 0) is 9.59 Å². The number of aryl methyl sites for hydroxylation is 4. The molecule has 44 heavy (non-hydrogen) atoms. The number of fused-ring (bicyclic) bond motifs is 9. The van der Waals surface area contributed by atoms with Gasteiger partial charge in [-0.2, -0.15) is 0 Å². The van der Waals surface area contributed by atoms with E-state index in [-0.39, 0.29) is 23.9 Å². The van der Waals surface area contributed by atoms with Gasteiger partial charge in [-0.1, -0.05) is 80.4 Å². The van der Waals surface area contributed by atoms with Gasteiger partial charge in [-0.25, -0.2) is 0 Å². The molecule has 0 N–H and O–H groups in total. The van der Waals surface area contributed by atoms with Crippen molar-refractivity contribution in [2.24, 2.45) is 11.8 Å². The van der Waals surface area contributed by atoms with Gasteiger partial charge < -0.3 is 9.80 Å². The molecule has 4 aliphatic rings. The minimum Gasteiger partial charge on any atom is -0.310 e. The largest absolute Gasteiger partial charge is 0.310 e. The Morgan fingerprint density at radius 2 is 0.909 bits per heavy atom. The number of halogens is 2. The lowest BCUT2D eigenvalue weighted by Gasteiger charge is -2.36. The fraction of sp³-hybridized carbons (Fsp3) is 0.211. The molecule has 6 heteroatoms. The van der Waals surface area contributed by atoms with E-state index in [1.165, 1.54) is 0 Å². The number of carbonyl (C=O) groups excluding carboxylic acids is 2. The molecule has 0 bridgehead atoms. The van der Waals surface area contributed by atoms with E-state index < -0.39 is 11.8 Å². The third-order valence-electron chi connectivity index (χ3n) is 10.0. The lowest BCUT2D eigenvalue weighted by Crippen LogP contribution is -2.37. The second kappa shape index (κ2) is 9.88. The van der Waals surface area contributed by atoms with Crippen molar-refractivity contribution in [1.29, 1.82) is 0 Å². The van der Waals surface area contributed by atoms with Crippen LogP contribution in [0.5, 0.6) is 0 Å². The van der Waals surface area contributed by atoms with Gasteiger partial charge in [-0.3, -0.25) is 9.59 Å². The van der Waals surface area contributed by atoms with Crippen LogP contribution in [0.15, 0.2) is 94.1 Å². The SMILES string of the molecule is Cc1cccc(C)c1C1=CN2C(=O)C3C(C(=O)N4C=C(c5c(C)cccc5C)c5cc(Br)ccc5C34)C2c2ccc(Br)cc21. The first kappa shape index (κ1) is 27.8. The monoisotopic (exact) mass is 704 g/mol. The van der Waals surface area contributed by atoms with E-state index in [1.807, 2.05) is 34.3 Å². The zero-order valence-corrected chi connectivity index (χ0v) is 28.0. The van der Waals surface area contributed by atoms with Crippen LogP contribution in [0.4, 0.5) is 0 Å². The summed E-state index contributed by atoms with van der Waals surface area (Å²) in [5.74, 6) is -0.964. The summed E-state index contributed by atoms with van der Waals surface area (Å²) in [5.41, 5.74) is 13.1. The van der Waals surface area contributed by atoms with E-state index in [2.05, 4.69) is 120 Å². The maximum Gasteiger partial charge on any atom is 0.233 e. The Morgan fingerprint density at radius 1 is 0.545 bits per heavy atom. The first-order valence-electron chi connectivity index (χ1n) is 15.0. The Labute approximate surface area is 274 Å². The molecule has 4 heterocycles. The molecule has 4 nitrogen and oxygen atoms in total. The third-order valence-corrected chi connectivity index (χ3v) is 11.0. The van der Waals surface area contributed by atoms with Crippen LogP contribution in [0.3, 0.4) is 0 Å². The molecule has 0 aromatic heterocycles. The second-order valence-electron chi connectivity index (χ2n) is 12.5. The predicted octanol–water partition coefficient (Wildman–Crippen LogP) is 8.95. The zero-order chi connectivity index (χ0) is 30.6. The number of benzene rings is 4. The zero-order valence-electron chi connectivity index (χ0n) is 24.9. The summed E-state index contributed by atoms with van der Waals surface area (Å²) < 4.78 is 1.94. The fourth-order valence-electron chi connectivity index (χ4n) is 8.24. The molecule has 0 aliphatic carbocycles. The molecule has 8 rings (SSSR count). The maximum absolute atomic E-state index is 14.6. The van der Waals surface area contributed by atoms with Crippen molar-refractivity contribution in [3.05, 3.63) is 150 Å². The molecule has 4 atom stereocenters. The minimum atomic E-state index is -0.492. The Morgan fingerprint density at radius 3 is 1.27 bits per heavy atom. The van der Waals surface area contributed by atoms with E-state index in [0.29, 0.717) is 0 Å². The number of nitrogens with zero attached hydrogens (tertiary/aromatic N) is 2. The summed E-state index contributed by atoms with van der Waals surface area (Å²) in [5, 5.41) is 0. The first-order valence-corrected chi connectivity index (χ1v) is 16.5. The van der Waals surface area contributed by atoms with Crippen molar-refractivity contribution in [1.82, 2.24) is 9.80 Å². The van der Waals surface area contributed by atoms with Crippen molar-refractivity contribution < 1.29 is 9.59 Å². The van der Waals surface area contributed by atoms with Gasteiger partial charge in [-0.05, 0) is 108 Å². The highest BCUT2D eigenvalue weighted by molar-refractivity contribution is 9.10. The molecule has 2 saturated heterocycles. The van der Waals surface area contributed by atoms with E-state index in [4.69, 9.17) is 0 Å². The average Bonchev–Trinajstić information content (AvgIpc) is 3.44. The molecule has 218 valence electrons. The molecule has 0 saturated carbocycles. The van der Waals surface area contributed by atoms with Crippen LogP contribution in [0.2, 0.25) is 0 Å². The Kier molecular flexibility index (Phi) is 6.24. The molecule has 4 unspecified atom stereocenters. The predicted molar refractivity (Wildman–Crippen MR) is 180 cm³/mol. The van der Waals surface area contributed by atoms with Gasteiger partial charge in [-0.15, -0.1) is 0 Å². The summed E-state index contributed by atoms with van der Waals surface area (Å²) in [4.78, 5) is 33.1. The molecule has 2 fully saturated rings. The van der Waals surface area contributed by atoms with Crippen LogP contribution in [-0.4, -0.2) is 21.6 Å². The highest BCUT2D eigenvalue weighted by atomic mass is 79.9. The normalized spacial score (nSPS) is 23.0. The molecule has 4 aromatic rings. The van der Waals surface area contributed by atoms with Crippen LogP contribution in [0.1, 0.15) is 67.7 Å². The molecular formula is C38H30Br2N2O2. The van der Waals surface area contributed by atoms with Crippen molar-refractivity contribution in [3.63, 3.8) is 0 Å². The van der Waals surface area contributed by atoms with Gasteiger partial charge >= 0.3 is 0 Å². The van der Waals surface area contributed by atoms with Crippen molar-refractivity contribution in [2.45, 2.75) is 39.8 Å². The van der Waals surface area contributed by atoms with Gasteiger partial charge in [0.15, 0.2) is 0 Å². The summed E-state index contributed by atoms with van der Waals surface area (Å²) in [7, 11) is 0. The summed E-state index contributed by atoms with van der Waals surface area (Å²) in [6.45, 7) is 8.47. The van der Waals surface area contributed by atoms with E-state index in [1.54, 1.807) is 0 Å². The highest BCUT2D eigenvalue weighted by Crippen LogP contribution is 2.60. The molecular weight excluding hydrogens is 676 g/mol. The Bertz CT molecular complexity index is 1840. The molecule has 4 aliphatic heterocycles. The van der Waals surface area contributed by atoms with Gasteiger partial charge in [0.05, 0.1) is 23.9 Å². The van der Waals surface area contributed by atoms with Gasteiger partial charge in [0.2, 0.25) is 11.8 Å². The van der Waals surface area contributed by atoms with Crippen LogP contribution < -0.4 is 0 Å². The number of amides is 2. The van der Waals surface area contributed by atoms with Gasteiger partial charge in [0.1, 0.15) is 0 Å². The van der Waals surface area contributed by atoms with Crippen LogP contribution in [0.25, 0.3) is 11.1 Å². The lowest BCUT2D eigenvalue weighted by molar-refractivity contribution is -0.132. The summed E-state index contributed by atoms with van der Waals surface area (Å²) in [6.07, 6.45) is 4.05. The van der Waals surface area contributed by atoms with Gasteiger partial charge in [0, 0.05) is 32.5 Å². The van der Waals surface area contributed by atoms with E-state index in [0.717, 1.165) is 75.7 Å². The maximum atomic E-state index is 14.6. The lowest BCUT2D eigenvalue weighted by atomic mass is 9.78. The van der Waals surface area contributed by atoms with Crippen LogP contribution >= 0.6 is 31.9 Å². The number of carbonyl (C=O) groups is 2. The van der Waals surface area contributed by atoms with E-state index >= 15 is 0 Å². The quantitative estimate of drug-likeness (QED) is 0.209. The molecule has 2 amide bonds. The standard InChI is InChI=1S/C38H30Br2N2O2/c1-19-7-5-8-20(2)31(19)29-17-41-35(25-13-11-23(39)15-27(25)29)33-34(37(41)43)36-26-14-12-24(40)16-28(26)30(18-42(36)38(33)44)32-21(3)9-6-10-22(32)4/h5-18,33-36H,1-4H3. The molecule has 0 spiro atoms. The van der Waals surface area contributed by atoms with E-state index in [9.17, 15) is 9.59 Å². The van der Waals surface area contributed by atoms with Crippen molar-refractivity contribution in [3.8, 4) is 0 Å². The summed E-state index contributed by atoms with van der Waals surface area (Å²) in [6, 6.07) is 24.4. The van der Waals surface area contributed by atoms with Crippen molar-refractivity contribution in [2.75, 3.05) is 0 Å². The van der Waals surface area contributed by atoms with Crippen molar-refractivity contribution >= 4 is 54.8 Å². The van der Waals surface area contributed by atoms with Gasteiger partial charge in [0.25, 0.3) is 0 Å². The molecule has 4 aromatic carbocycles. The first-order chi connectivity index (χ1) is 21.2. The smallest absolute Gasteiger partial charge is 0.233 e. The third kappa shape index (κ3) is 3.80. The van der Waals surface area contributed by atoms with Crippen LogP contribution in [0, 0.1) is 39.5 Å². The minimum absolute atomic E-state index is 0.0101. The topological polar surface area (TPSA) is 40.6 Å². The molecule has 0 radical (unpaired) electrons. The second-order valence-corrected chi connectivity index (χ2v) is 14.3. The number of hydrogen-bond donors (Lipinski definition) is 0. The highest BCUT2D eigenvalue weighted by Gasteiger charge is 2.64. The number of hydrogen-bond acceptors (Lipinski definition) is 2. The number of rotatable bonds is 2. The average molecular weight is 706 g/mol. The fourth-order valence-corrected chi connectivity index (χ4v) is 8.96. The Balaban J connectivity index is 1.33. The Hall–Kier alpha value is -3.74. The summed E-state index contributed by atoms with van der Waals surface area (Å²) >= 11 is 7.40.